The Morgan fingerprint density at radius 2 is 2.18 bits per heavy atom. The highest BCUT2D eigenvalue weighted by Crippen LogP contribution is 2.28. The third-order valence-corrected chi connectivity index (χ3v) is 2.11. The fourth-order valence-corrected chi connectivity index (χ4v) is 1.21. The summed E-state index contributed by atoms with van der Waals surface area (Å²) >= 11 is 0. The first-order valence-electron chi connectivity index (χ1n) is 5.26. The minimum absolute atomic E-state index is 0.392. The second-order valence-electron chi connectivity index (χ2n) is 3.42. The Morgan fingerprint density at radius 3 is 2.71 bits per heavy atom. The molecule has 92 valence electrons. The van der Waals surface area contributed by atoms with Gasteiger partial charge in [-0.25, -0.2) is 0 Å². The Morgan fingerprint density at radius 1 is 1.47 bits per heavy atom. The van der Waals surface area contributed by atoms with Gasteiger partial charge in [0.2, 0.25) is 0 Å². The molecule has 5 heteroatoms. The minimum Gasteiger partial charge on any atom is -0.490 e. The van der Waals surface area contributed by atoms with E-state index >= 15 is 0 Å². The number of aldehydes is 1. The molecule has 2 N–H and O–H groups in total. The maximum atomic E-state index is 10.9. The smallest absolute Gasteiger partial charge is 0.258 e. The Labute approximate surface area is 99.5 Å². The van der Waals surface area contributed by atoms with Crippen molar-refractivity contribution in [3.8, 4) is 11.5 Å². The lowest BCUT2D eigenvalue weighted by atomic mass is 10.2. The molecule has 0 aliphatic heterocycles. The molecule has 0 spiro atoms. The van der Waals surface area contributed by atoms with Gasteiger partial charge in [0.05, 0.1) is 6.61 Å². The summed E-state index contributed by atoms with van der Waals surface area (Å²) in [6.07, 6.45) is -0.0413. The molecule has 1 rings (SSSR count). The maximum Gasteiger partial charge on any atom is 0.258 e. The molecule has 0 fully saturated rings. The van der Waals surface area contributed by atoms with Gasteiger partial charge in [-0.1, -0.05) is 0 Å². The Hall–Kier alpha value is -2.04. The summed E-state index contributed by atoms with van der Waals surface area (Å²) in [5.74, 6) is 0.251. The summed E-state index contributed by atoms with van der Waals surface area (Å²) in [4.78, 5) is 21.5. The molecule has 0 aliphatic rings. The van der Waals surface area contributed by atoms with E-state index in [1.54, 1.807) is 25.1 Å². The maximum absolute atomic E-state index is 10.9. The second kappa shape index (κ2) is 5.89. The fraction of sp³-hybridized carbons (Fsp3) is 0.333. The van der Waals surface area contributed by atoms with E-state index in [1.165, 1.54) is 0 Å². The fourth-order valence-electron chi connectivity index (χ4n) is 1.21. The lowest BCUT2D eigenvalue weighted by Gasteiger charge is -2.15. The van der Waals surface area contributed by atoms with E-state index in [0.29, 0.717) is 30.0 Å². The number of primary amides is 1. The molecule has 0 saturated heterocycles. The third kappa shape index (κ3) is 3.48. The first-order valence-corrected chi connectivity index (χ1v) is 5.26. The molecule has 1 aromatic carbocycles. The van der Waals surface area contributed by atoms with Crippen LogP contribution in [0.4, 0.5) is 0 Å². The van der Waals surface area contributed by atoms with E-state index in [2.05, 4.69) is 0 Å². The lowest BCUT2D eigenvalue weighted by molar-refractivity contribution is -0.124. The third-order valence-electron chi connectivity index (χ3n) is 2.11. The number of carbonyl (C=O) groups is 2. The SMILES string of the molecule is CCOc1cc(C=O)ccc1O[C@H](C)C(N)=O. The van der Waals surface area contributed by atoms with Crippen LogP contribution in [-0.4, -0.2) is 24.9 Å². The number of hydrogen-bond acceptors (Lipinski definition) is 4. The molecule has 0 saturated carbocycles. The standard InChI is InChI=1S/C12H15NO4/c1-3-16-11-6-9(7-14)4-5-10(11)17-8(2)12(13)15/h4-8H,3H2,1-2H3,(H2,13,15)/t8-/m1/s1. The van der Waals surface area contributed by atoms with Gasteiger partial charge in [0.1, 0.15) is 6.29 Å². The average molecular weight is 237 g/mol. The molecular formula is C12H15NO4. The normalized spacial score (nSPS) is 11.6. The summed E-state index contributed by atoms with van der Waals surface area (Å²) < 4.78 is 10.7. The van der Waals surface area contributed by atoms with Crippen molar-refractivity contribution in [1.29, 1.82) is 0 Å². The van der Waals surface area contributed by atoms with Crippen LogP contribution in [0.1, 0.15) is 24.2 Å². The lowest BCUT2D eigenvalue weighted by Crippen LogP contribution is -2.30. The van der Waals surface area contributed by atoms with Gasteiger partial charge in [0.25, 0.3) is 5.91 Å². The molecule has 0 radical (unpaired) electrons. The molecule has 1 amide bonds. The van der Waals surface area contributed by atoms with Crippen molar-refractivity contribution in [1.82, 2.24) is 0 Å². The number of amides is 1. The van der Waals surface area contributed by atoms with Crippen molar-refractivity contribution in [2.75, 3.05) is 6.61 Å². The first kappa shape index (κ1) is 13.0. The molecular weight excluding hydrogens is 222 g/mol. The summed E-state index contributed by atoms with van der Waals surface area (Å²) in [6.45, 7) is 3.80. The van der Waals surface area contributed by atoms with E-state index in [1.807, 2.05) is 6.92 Å². The molecule has 0 aliphatic carbocycles. The Kier molecular flexibility index (Phi) is 4.51. The van der Waals surface area contributed by atoms with Gasteiger partial charge in [-0.15, -0.1) is 0 Å². The van der Waals surface area contributed by atoms with Crippen molar-refractivity contribution in [2.45, 2.75) is 20.0 Å². The second-order valence-corrected chi connectivity index (χ2v) is 3.42. The van der Waals surface area contributed by atoms with Crippen LogP contribution in [0.25, 0.3) is 0 Å². The Bertz CT molecular complexity index is 417. The highest BCUT2D eigenvalue weighted by atomic mass is 16.5. The van der Waals surface area contributed by atoms with E-state index in [-0.39, 0.29) is 0 Å². The summed E-state index contributed by atoms with van der Waals surface area (Å²) in [5.41, 5.74) is 5.58. The first-order chi connectivity index (χ1) is 8.08. The van der Waals surface area contributed by atoms with Gasteiger partial charge in [0, 0.05) is 5.56 Å². The van der Waals surface area contributed by atoms with Gasteiger partial charge in [-0.3, -0.25) is 9.59 Å². The molecule has 0 heterocycles. The van der Waals surface area contributed by atoms with E-state index in [9.17, 15) is 9.59 Å². The zero-order chi connectivity index (χ0) is 12.8. The van der Waals surface area contributed by atoms with Crippen LogP contribution in [0.15, 0.2) is 18.2 Å². The molecule has 1 atom stereocenters. The number of rotatable bonds is 6. The quantitative estimate of drug-likeness (QED) is 0.753. The van der Waals surface area contributed by atoms with Crippen LogP contribution in [0.5, 0.6) is 11.5 Å². The van der Waals surface area contributed by atoms with Gasteiger partial charge >= 0.3 is 0 Å². The summed E-state index contributed by atoms with van der Waals surface area (Å²) in [6, 6.07) is 4.71. The summed E-state index contributed by atoms with van der Waals surface area (Å²) in [7, 11) is 0. The summed E-state index contributed by atoms with van der Waals surface area (Å²) in [5, 5.41) is 0. The Balaban J connectivity index is 2.97. The monoisotopic (exact) mass is 237 g/mol. The number of nitrogens with two attached hydrogens (primary N) is 1. The molecule has 17 heavy (non-hydrogen) atoms. The number of carbonyl (C=O) groups excluding carboxylic acids is 2. The van der Waals surface area contributed by atoms with Crippen LogP contribution < -0.4 is 15.2 Å². The van der Waals surface area contributed by atoms with Crippen LogP contribution in [0.2, 0.25) is 0 Å². The van der Waals surface area contributed by atoms with Crippen molar-refractivity contribution >= 4 is 12.2 Å². The van der Waals surface area contributed by atoms with Gasteiger partial charge in [-0.05, 0) is 32.0 Å². The van der Waals surface area contributed by atoms with Gasteiger partial charge in [-0.2, -0.15) is 0 Å². The van der Waals surface area contributed by atoms with E-state index < -0.39 is 12.0 Å². The van der Waals surface area contributed by atoms with Crippen LogP contribution in [-0.2, 0) is 4.79 Å². The predicted molar refractivity (Wildman–Crippen MR) is 62.3 cm³/mol. The van der Waals surface area contributed by atoms with Crippen LogP contribution in [0.3, 0.4) is 0 Å². The van der Waals surface area contributed by atoms with Crippen LogP contribution >= 0.6 is 0 Å². The van der Waals surface area contributed by atoms with Crippen molar-refractivity contribution in [2.24, 2.45) is 5.73 Å². The zero-order valence-corrected chi connectivity index (χ0v) is 9.80. The highest BCUT2D eigenvalue weighted by molar-refractivity contribution is 5.79. The number of hydrogen-bond donors (Lipinski definition) is 1. The highest BCUT2D eigenvalue weighted by Gasteiger charge is 2.14. The van der Waals surface area contributed by atoms with Crippen molar-refractivity contribution in [3.05, 3.63) is 23.8 Å². The van der Waals surface area contributed by atoms with Crippen molar-refractivity contribution < 1.29 is 19.1 Å². The van der Waals surface area contributed by atoms with Gasteiger partial charge in [0.15, 0.2) is 17.6 Å². The largest absolute Gasteiger partial charge is 0.490 e. The molecule has 0 unspecified atom stereocenters. The molecule has 0 aromatic heterocycles. The molecule has 0 bridgehead atoms. The molecule has 1 aromatic rings. The van der Waals surface area contributed by atoms with Gasteiger partial charge < -0.3 is 15.2 Å². The predicted octanol–water partition coefficient (Wildman–Crippen LogP) is 1.15. The van der Waals surface area contributed by atoms with Crippen LogP contribution in [0, 0.1) is 0 Å². The van der Waals surface area contributed by atoms with Crippen molar-refractivity contribution in [3.63, 3.8) is 0 Å². The number of ether oxygens (including phenoxy) is 2. The average Bonchev–Trinajstić information content (AvgIpc) is 2.31. The minimum atomic E-state index is -0.753. The number of benzene rings is 1. The molecule has 5 nitrogen and oxygen atoms in total. The topological polar surface area (TPSA) is 78.6 Å². The van der Waals surface area contributed by atoms with E-state index in [4.69, 9.17) is 15.2 Å². The zero-order valence-electron chi connectivity index (χ0n) is 9.80. The van der Waals surface area contributed by atoms with E-state index in [0.717, 1.165) is 0 Å².